The first-order valence-corrected chi connectivity index (χ1v) is 11.3. The molecule has 2 aromatic rings. The minimum atomic E-state index is -0.657. The van der Waals surface area contributed by atoms with Crippen molar-refractivity contribution in [3.05, 3.63) is 54.4 Å². The Morgan fingerprint density at radius 3 is 2.13 bits per heavy atom. The molecule has 4 saturated carbocycles. The third kappa shape index (κ3) is 3.35. The Balaban J connectivity index is 1.32. The largest absolute Gasteiger partial charge is 0.481 e. The second-order valence-corrected chi connectivity index (χ2v) is 10.5. The Labute approximate surface area is 183 Å². The van der Waals surface area contributed by atoms with E-state index in [9.17, 15) is 14.7 Å². The van der Waals surface area contributed by atoms with Gasteiger partial charge >= 0.3 is 5.97 Å². The number of aromatic nitrogens is 1. The van der Waals surface area contributed by atoms with Gasteiger partial charge in [0.25, 0.3) is 0 Å². The molecular formula is C26H30N2O3. The summed E-state index contributed by atoms with van der Waals surface area (Å²) < 4.78 is 0. The van der Waals surface area contributed by atoms with Crippen LogP contribution in [0.5, 0.6) is 0 Å². The topological polar surface area (TPSA) is 79.3 Å². The van der Waals surface area contributed by atoms with E-state index in [1.54, 1.807) is 12.4 Å². The van der Waals surface area contributed by atoms with Gasteiger partial charge in [0.05, 0.1) is 10.8 Å². The summed E-state index contributed by atoms with van der Waals surface area (Å²) in [5, 5.41) is 13.2. The van der Waals surface area contributed by atoms with Crippen molar-refractivity contribution >= 4 is 11.9 Å². The molecule has 6 rings (SSSR count). The van der Waals surface area contributed by atoms with Gasteiger partial charge in [-0.3, -0.25) is 14.6 Å². The van der Waals surface area contributed by atoms with Crippen LogP contribution in [0.3, 0.4) is 0 Å². The first-order valence-electron chi connectivity index (χ1n) is 11.3. The van der Waals surface area contributed by atoms with E-state index in [1.807, 2.05) is 38.1 Å². The molecule has 5 heteroatoms. The van der Waals surface area contributed by atoms with E-state index < -0.39 is 16.8 Å². The zero-order valence-corrected chi connectivity index (χ0v) is 18.2. The van der Waals surface area contributed by atoms with Crippen LogP contribution in [-0.4, -0.2) is 28.0 Å². The standard InChI is InChI=1S/C26H30N2O3/c1-25(2,21-5-3-17(4-6-21)18-7-9-27-10-8-18)23(29)28-22-19-11-16-12-20(22)15-26(13-16,14-19)24(30)31/h3-10,16,19-20,22H,11-15H2,1-2H3,(H,28,29)(H,30,31). The number of benzene rings is 1. The van der Waals surface area contributed by atoms with E-state index in [0.717, 1.165) is 36.0 Å². The number of hydrogen-bond donors (Lipinski definition) is 2. The van der Waals surface area contributed by atoms with Crippen LogP contribution in [0, 0.1) is 23.2 Å². The van der Waals surface area contributed by atoms with E-state index in [0.29, 0.717) is 18.8 Å². The van der Waals surface area contributed by atoms with E-state index in [-0.39, 0.29) is 23.8 Å². The predicted molar refractivity (Wildman–Crippen MR) is 118 cm³/mol. The van der Waals surface area contributed by atoms with E-state index in [4.69, 9.17) is 0 Å². The monoisotopic (exact) mass is 418 g/mol. The lowest BCUT2D eigenvalue weighted by Gasteiger charge is -2.58. The lowest BCUT2D eigenvalue weighted by Crippen LogP contribution is -2.62. The number of carboxylic acids is 1. The van der Waals surface area contributed by atoms with E-state index in [2.05, 4.69) is 22.4 Å². The summed E-state index contributed by atoms with van der Waals surface area (Å²) >= 11 is 0. The molecule has 1 amide bonds. The van der Waals surface area contributed by atoms with Crippen LogP contribution in [0.25, 0.3) is 11.1 Å². The maximum atomic E-state index is 13.4. The summed E-state index contributed by atoms with van der Waals surface area (Å²) in [5.74, 6) is 0.486. The fraction of sp³-hybridized carbons (Fsp3) is 0.500. The zero-order chi connectivity index (χ0) is 21.8. The van der Waals surface area contributed by atoms with Crippen LogP contribution < -0.4 is 5.32 Å². The quantitative estimate of drug-likeness (QED) is 0.753. The maximum absolute atomic E-state index is 13.4. The number of nitrogens with one attached hydrogen (secondary N) is 1. The van der Waals surface area contributed by atoms with Crippen molar-refractivity contribution in [2.24, 2.45) is 23.2 Å². The van der Waals surface area contributed by atoms with Crippen LogP contribution in [0.2, 0.25) is 0 Å². The summed E-state index contributed by atoms with van der Waals surface area (Å²) in [5.41, 5.74) is 1.98. The average molecular weight is 419 g/mol. The van der Waals surface area contributed by atoms with Crippen molar-refractivity contribution in [1.82, 2.24) is 10.3 Å². The summed E-state index contributed by atoms with van der Waals surface area (Å²) in [6, 6.07) is 12.2. The van der Waals surface area contributed by atoms with Crippen LogP contribution in [0.1, 0.15) is 51.5 Å². The third-order valence-corrected chi connectivity index (χ3v) is 8.21. The molecule has 0 spiro atoms. The van der Waals surface area contributed by atoms with Gasteiger partial charge < -0.3 is 10.4 Å². The Morgan fingerprint density at radius 2 is 1.55 bits per heavy atom. The van der Waals surface area contributed by atoms with Gasteiger partial charge in [0.2, 0.25) is 5.91 Å². The average Bonchev–Trinajstić information content (AvgIpc) is 2.76. The molecule has 0 aliphatic heterocycles. The molecule has 4 fully saturated rings. The number of carbonyl (C=O) groups excluding carboxylic acids is 1. The van der Waals surface area contributed by atoms with Crippen molar-refractivity contribution in [2.75, 3.05) is 0 Å². The van der Waals surface area contributed by atoms with Crippen LogP contribution in [-0.2, 0) is 15.0 Å². The maximum Gasteiger partial charge on any atom is 0.309 e. The first-order chi connectivity index (χ1) is 14.8. The number of carboxylic acid groups (broad SMARTS) is 1. The zero-order valence-electron chi connectivity index (χ0n) is 18.2. The number of hydrogen-bond acceptors (Lipinski definition) is 3. The second-order valence-electron chi connectivity index (χ2n) is 10.5. The highest BCUT2D eigenvalue weighted by atomic mass is 16.4. The van der Waals surface area contributed by atoms with Crippen LogP contribution >= 0.6 is 0 Å². The van der Waals surface area contributed by atoms with Crippen molar-refractivity contribution < 1.29 is 14.7 Å². The smallest absolute Gasteiger partial charge is 0.309 e. The number of pyridine rings is 1. The van der Waals surface area contributed by atoms with Crippen molar-refractivity contribution in [1.29, 1.82) is 0 Å². The molecule has 1 aromatic heterocycles. The number of aliphatic carboxylic acids is 1. The van der Waals surface area contributed by atoms with Crippen molar-refractivity contribution in [3.8, 4) is 11.1 Å². The molecule has 2 unspecified atom stereocenters. The minimum Gasteiger partial charge on any atom is -0.481 e. The molecule has 5 nitrogen and oxygen atoms in total. The highest BCUT2D eigenvalue weighted by molar-refractivity contribution is 5.88. The number of amides is 1. The van der Waals surface area contributed by atoms with Gasteiger partial charge in [-0.25, -0.2) is 0 Å². The van der Waals surface area contributed by atoms with Gasteiger partial charge in [0, 0.05) is 18.4 Å². The van der Waals surface area contributed by atoms with E-state index >= 15 is 0 Å². The molecular weight excluding hydrogens is 388 g/mol. The fourth-order valence-electron chi connectivity index (χ4n) is 6.61. The summed E-state index contributed by atoms with van der Waals surface area (Å²) in [6.45, 7) is 3.94. The molecule has 1 aromatic carbocycles. The van der Waals surface area contributed by atoms with Crippen LogP contribution in [0.15, 0.2) is 48.8 Å². The van der Waals surface area contributed by atoms with Gasteiger partial charge in [0.1, 0.15) is 0 Å². The molecule has 1 heterocycles. The minimum absolute atomic E-state index is 0.0333. The fourth-order valence-corrected chi connectivity index (χ4v) is 6.61. The number of rotatable bonds is 5. The molecule has 4 aliphatic carbocycles. The molecule has 0 radical (unpaired) electrons. The highest BCUT2D eigenvalue weighted by Crippen LogP contribution is 2.60. The predicted octanol–water partition coefficient (Wildman–Crippen LogP) is 4.42. The van der Waals surface area contributed by atoms with Gasteiger partial charge in [-0.2, -0.15) is 0 Å². The molecule has 31 heavy (non-hydrogen) atoms. The Morgan fingerprint density at radius 1 is 0.968 bits per heavy atom. The molecule has 2 N–H and O–H groups in total. The molecule has 2 atom stereocenters. The lowest BCUT2D eigenvalue weighted by atomic mass is 9.48. The number of nitrogens with zero attached hydrogens (tertiary/aromatic N) is 1. The van der Waals surface area contributed by atoms with E-state index in [1.165, 1.54) is 0 Å². The van der Waals surface area contributed by atoms with Crippen molar-refractivity contribution in [2.45, 2.75) is 57.4 Å². The molecule has 0 saturated heterocycles. The molecule has 4 aliphatic rings. The third-order valence-electron chi connectivity index (χ3n) is 8.21. The Kier molecular flexibility index (Phi) is 4.68. The van der Waals surface area contributed by atoms with Crippen molar-refractivity contribution in [3.63, 3.8) is 0 Å². The van der Waals surface area contributed by atoms with Gasteiger partial charge in [-0.1, -0.05) is 24.3 Å². The summed E-state index contributed by atoms with van der Waals surface area (Å²) in [6.07, 6.45) is 7.91. The SMILES string of the molecule is CC(C)(C(=O)NC1C2CC3CC1CC(C(=O)O)(C3)C2)c1ccc(-c2ccncc2)cc1. The normalized spacial score (nSPS) is 31.4. The summed E-state index contributed by atoms with van der Waals surface area (Å²) in [4.78, 5) is 29.4. The first kappa shape index (κ1) is 20.2. The molecule has 4 bridgehead atoms. The summed E-state index contributed by atoms with van der Waals surface area (Å²) in [7, 11) is 0. The van der Waals surface area contributed by atoms with Gasteiger partial charge in [-0.15, -0.1) is 0 Å². The van der Waals surface area contributed by atoms with Gasteiger partial charge in [-0.05, 0) is 92.5 Å². The molecule has 162 valence electrons. The second kappa shape index (κ2) is 7.18. The Hall–Kier alpha value is -2.69. The van der Waals surface area contributed by atoms with Crippen LogP contribution in [0.4, 0.5) is 0 Å². The number of carbonyl (C=O) groups is 2. The Bertz CT molecular complexity index is 983. The van der Waals surface area contributed by atoms with Gasteiger partial charge in [0.15, 0.2) is 0 Å². The lowest BCUT2D eigenvalue weighted by molar-refractivity contribution is -0.168. The highest BCUT2D eigenvalue weighted by Gasteiger charge is 2.59.